The summed E-state index contributed by atoms with van der Waals surface area (Å²) in [4.78, 5) is 16.9. The molecule has 6 nitrogen and oxygen atoms in total. The fourth-order valence-corrected chi connectivity index (χ4v) is 0.893. The summed E-state index contributed by atoms with van der Waals surface area (Å²) in [6, 6.07) is 0. The lowest BCUT2D eigenvalue weighted by molar-refractivity contribution is 0.0587. The van der Waals surface area contributed by atoms with Gasteiger partial charge in [0.15, 0.2) is 0 Å². The Morgan fingerprint density at radius 3 is 2.47 bits per heavy atom. The molecule has 15 heavy (non-hydrogen) atoms. The van der Waals surface area contributed by atoms with Crippen molar-refractivity contribution in [1.29, 1.82) is 0 Å². The third kappa shape index (κ3) is 3.23. The summed E-state index contributed by atoms with van der Waals surface area (Å²) in [6.45, 7) is 7.19. The molecule has 1 heterocycles. The van der Waals surface area contributed by atoms with Gasteiger partial charge in [-0.25, -0.2) is 9.69 Å². The Kier molecular flexibility index (Phi) is 2.97. The summed E-state index contributed by atoms with van der Waals surface area (Å²) in [6.07, 6.45) is -0.471. The largest absolute Gasteiger partial charge is 0.443 e. The molecule has 0 saturated heterocycles. The quantitative estimate of drug-likeness (QED) is 0.765. The lowest BCUT2D eigenvalue weighted by Gasteiger charge is -2.22. The number of carbonyl (C=O) groups is 1. The third-order valence-electron chi connectivity index (χ3n) is 1.55. The molecule has 6 heteroatoms. The smallest absolute Gasteiger partial charge is 0.416 e. The van der Waals surface area contributed by atoms with Gasteiger partial charge in [-0.1, -0.05) is 0 Å². The molecular formula is C9H16N4O2. The fraction of sp³-hybridized carbons (Fsp3) is 0.667. The summed E-state index contributed by atoms with van der Waals surface area (Å²) in [5.74, 6) is 0.960. The highest BCUT2D eigenvalue weighted by molar-refractivity contribution is 5.84. The molecule has 1 aromatic heterocycles. The molecule has 1 N–H and O–H groups in total. The highest BCUT2D eigenvalue weighted by Crippen LogP contribution is 2.12. The minimum absolute atomic E-state index is 0.307. The van der Waals surface area contributed by atoms with Crippen LogP contribution in [0.4, 0.5) is 10.7 Å². The molecule has 0 fully saturated rings. The molecule has 0 aliphatic carbocycles. The average Bonchev–Trinajstić information content (AvgIpc) is 2.47. The first-order valence-electron chi connectivity index (χ1n) is 4.65. The van der Waals surface area contributed by atoms with Crippen LogP contribution in [0, 0.1) is 6.92 Å². The van der Waals surface area contributed by atoms with Crippen LogP contribution in [-0.4, -0.2) is 33.9 Å². The van der Waals surface area contributed by atoms with E-state index in [4.69, 9.17) is 4.74 Å². The minimum atomic E-state index is -0.517. The number of rotatable bonds is 1. The first-order chi connectivity index (χ1) is 6.79. The molecule has 0 aliphatic rings. The lowest BCUT2D eigenvalue weighted by Crippen LogP contribution is -2.34. The molecule has 0 radical (unpaired) electrons. The van der Waals surface area contributed by atoms with Crippen LogP contribution >= 0.6 is 0 Å². The van der Waals surface area contributed by atoms with Gasteiger partial charge in [-0.15, -0.1) is 5.10 Å². The molecule has 0 saturated carbocycles. The minimum Gasteiger partial charge on any atom is -0.443 e. The number of anilines is 1. The molecule has 0 bridgehead atoms. The van der Waals surface area contributed by atoms with E-state index in [-0.39, 0.29) is 0 Å². The fourth-order valence-electron chi connectivity index (χ4n) is 0.893. The van der Waals surface area contributed by atoms with Crippen molar-refractivity contribution in [3.63, 3.8) is 0 Å². The zero-order chi connectivity index (χ0) is 11.6. The number of nitrogens with one attached hydrogen (secondary N) is 1. The number of aromatic nitrogens is 3. The normalized spacial score (nSPS) is 11.3. The van der Waals surface area contributed by atoms with Crippen LogP contribution in [0.3, 0.4) is 0 Å². The maximum absolute atomic E-state index is 11.6. The van der Waals surface area contributed by atoms with Gasteiger partial charge in [-0.2, -0.15) is 4.98 Å². The van der Waals surface area contributed by atoms with Crippen molar-refractivity contribution in [2.75, 3.05) is 11.9 Å². The lowest BCUT2D eigenvalue weighted by atomic mass is 10.2. The van der Waals surface area contributed by atoms with E-state index in [0.29, 0.717) is 11.8 Å². The first-order valence-corrected chi connectivity index (χ1v) is 4.65. The summed E-state index contributed by atoms with van der Waals surface area (Å²) >= 11 is 0. The van der Waals surface area contributed by atoms with Gasteiger partial charge in [-0.05, 0) is 27.7 Å². The molecule has 1 aromatic rings. The van der Waals surface area contributed by atoms with E-state index in [2.05, 4.69) is 15.2 Å². The second kappa shape index (κ2) is 3.88. The molecule has 0 spiro atoms. The molecule has 0 unspecified atom stereocenters. The number of ether oxygens (including phenoxy) is 1. The van der Waals surface area contributed by atoms with E-state index < -0.39 is 11.7 Å². The van der Waals surface area contributed by atoms with Crippen molar-refractivity contribution in [2.24, 2.45) is 0 Å². The Balaban J connectivity index is 2.69. The maximum atomic E-state index is 11.6. The molecule has 0 aliphatic heterocycles. The molecule has 0 aromatic carbocycles. The summed E-state index contributed by atoms with van der Waals surface area (Å²) in [5, 5.41) is 6.51. The zero-order valence-corrected chi connectivity index (χ0v) is 9.66. The molecule has 1 amide bonds. The van der Waals surface area contributed by atoms with E-state index >= 15 is 0 Å². The SMILES string of the molecule is Cc1nc(N(C)C(=O)OC(C)(C)C)n[nH]1. The van der Waals surface area contributed by atoms with Crippen molar-refractivity contribution >= 4 is 12.0 Å². The van der Waals surface area contributed by atoms with E-state index in [0.717, 1.165) is 0 Å². The topological polar surface area (TPSA) is 71.1 Å². The van der Waals surface area contributed by atoms with Crippen LogP contribution in [0.5, 0.6) is 0 Å². The van der Waals surface area contributed by atoms with Crippen LogP contribution in [-0.2, 0) is 4.74 Å². The summed E-state index contributed by atoms with van der Waals surface area (Å²) in [7, 11) is 1.57. The van der Waals surface area contributed by atoms with Crippen molar-refractivity contribution in [3.05, 3.63) is 5.82 Å². The van der Waals surface area contributed by atoms with E-state index in [1.807, 2.05) is 20.8 Å². The molecular weight excluding hydrogens is 196 g/mol. The zero-order valence-electron chi connectivity index (χ0n) is 9.66. The average molecular weight is 212 g/mol. The second-order valence-electron chi connectivity index (χ2n) is 4.26. The summed E-state index contributed by atoms with van der Waals surface area (Å²) in [5.41, 5.74) is -0.517. The number of hydrogen-bond acceptors (Lipinski definition) is 4. The predicted molar refractivity (Wildman–Crippen MR) is 55.8 cm³/mol. The van der Waals surface area contributed by atoms with E-state index in [1.54, 1.807) is 14.0 Å². The van der Waals surface area contributed by atoms with E-state index in [1.165, 1.54) is 4.90 Å². The Morgan fingerprint density at radius 1 is 1.47 bits per heavy atom. The first kappa shape index (κ1) is 11.5. The van der Waals surface area contributed by atoms with E-state index in [9.17, 15) is 4.79 Å². The predicted octanol–water partition coefficient (Wildman–Crippen LogP) is 1.48. The second-order valence-corrected chi connectivity index (χ2v) is 4.26. The number of carbonyl (C=O) groups excluding carboxylic acids is 1. The number of nitrogens with zero attached hydrogens (tertiary/aromatic N) is 3. The van der Waals surface area contributed by atoms with Gasteiger partial charge in [0.1, 0.15) is 11.4 Å². The van der Waals surface area contributed by atoms with Gasteiger partial charge < -0.3 is 4.74 Å². The van der Waals surface area contributed by atoms with Crippen molar-refractivity contribution in [1.82, 2.24) is 15.2 Å². The Hall–Kier alpha value is -1.59. The van der Waals surface area contributed by atoms with Gasteiger partial charge in [0, 0.05) is 7.05 Å². The Labute approximate surface area is 88.6 Å². The van der Waals surface area contributed by atoms with Gasteiger partial charge in [0.05, 0.1) is 0 Å². The van der Waals surface area contributed by atoms with Gasteiger partial charge in [0.2, 0.25) is 0 Å². The van der Waals surface area contributed by atoms with Crippen LogP contribution in [0.2, 0.25) is 0 Å². The number of amides is 1. The monoisotopic (exact) mass is 212 g/mol. The number of hydrogen-bond donors (Lipinski definition) is 1. The van der Waals surface area contributed by atoms with Crippen LogP contribution < -0.4 is 4.90 Å². The highest BCUT2D eigenvalue weighted by atomic mass is 16.6. The van der Waals surface area contributed by atoms with Crippen LogP contribution in [0.25, 0.3) is 0 Å². The maximum Gasteiger partial charge on any atom is 0.416 e. The van der Waals surface area contributed by atoms with Gasteiger partial charge in [0.25, 0.3) is 5.95 Å². The summed E-state index contributed by atoms with van der Waals surface area (Å²) < 4.78 is 5.16. The van der Waals surface area contributed by atoms with Crippen LogP contribution in [0.1, 0.15) is 26.6 Å². The van der Waals surface area contributed by atoms with Gasteiger partial charge >= 0.3 is 6.09 Å². The Morgan fingerprint density at radius 2 is 2.07 bits per heavy atom. The van der Waals surface area contributed by atoms with Crippen LogP contribution in [0.15, 0.2) is 0 Å². The van der Waals surface area contributed by atoms with Crippen molar-refractivity contribution < 1.29 is 9.53 Å². The van der Waals surface area contributed by atoms with Gasteiger partial charge in [-0.3, -0.25) is 5.10 Å². The number of H-pyrrole nitrogens is 1. The van der Waals surface area contributed by atoms with Crippen molar-refractivity contribution in [2.45, 2.75) is 33.3 Å². The molecule has 84 valence electrons. The highest BCUT2D eigenvalue weighted by Gasteiger charge is 2.22. The van der Waals surface area contributed by atoms with Crippen molar-refractivity contribution in [3.8, 4) is 0 Å². The number of aryl methyl sites for hydroxylation is 1. The molecule has 1 rings (SSSR count). The standard InChI is InChI=1S/C9H16N4O2/c1-6-10-7(12-11-6)13(5)8(14)15-9(2,3)4/h1-5H3,(H,10,11,12). The Bertz CT molecular complexity index is 353. The molecule has 0 atom stereocenters. The number of aromatic amines is 1. The third-order valence-corrected chi connectivity index (χ3v) is 1.55.